The van der Waals surface area contributed by atoms with Crippen LogP contribution in [0.25, 0.3) is 10.9 Å². The second kappa shape index (κ2) is 6.39. The summed E-state index contributed by atoms with van der Waals surface area (Å²) < 4.78 is 18.6. The summed E-state index contributed by atoms with van der Waals surface area (Å²) in [4.78, 5) is 8.34. The molecule has 0 bridgehead atoms. The molecule has 0 aliphatic carbocycles. The van der Waals surface area contributed by atoms with Crippen molar-refractivity contribution in [2.75, 3.05) is 19.0 Å². The molecule has 112 valence electrons. The van der Waals surface area contributed by atoms with Gasteiger partial charge in [0.2, 0.25) is 0 Å². The number of benzene rings is 2. The minimum atomic E-state index is -0.293. The summed E-state index contributed by atoms with van der Waals surface area (Å²) in [5.74, 6) is 1.19. The number of anilines is 1. The first kappa shape index (κ1) is 14.3. The number of ether oxygens (including phenoxy) is 1. The molecule has 3 aromatic rings. The lowest BCUT2D eigenvalue weighted by Gasteiger charge is -2.09. The maximum absolute atomic E-state index is 13.4. The van der Waals surface area contributed by atoms with Gasteiger partial charge >= 0.3 is 0 Å². The van der Waals surface area contributed by atoms with Crippen molar-refractivity contribution in [2.24, 2.45) is 0 Å². The molecule has 4 nitrogen and oxygen atoms in total. The fraction of sp³-hybridized carbons (Fsp3) is 0.176. The van der Waals surface area contributed by atoms with Crippen LogP contribution < -0.4 is 10.1 Å². The zero-order valence-electron chi connectivity index (χ0n) is 12.2. The Hall–Kier alpha value is -2.69. The first-order valence-electron chi connectivity index (χ1n) is 7.03. The third kappa shape index (κ3) is 3.14. The van der Waals surface area contributed by atoms with Crippen molar-refractivity contribution in [3.63, 3.8) is 0 Å². The van der Waals surface area contributed by atoms with Gasteiger partial charge in [-0.25, -0.2) is 14.4 Å². The lowest BCUT2D eigenvalue weighted by Crippen LogP contribution is -2.07. The van der Waals surface area contributed by atoms with E-state index in [1.165, 1.54) is 18.5 Å². The Morgan fingerprint density at radius 3 is 2.91 bits per heavy atom. The molecule has 0 saturated carbocycles. The molecule has 22 heavy (non-hydrogen) atoms. The Bertz CT molecular complexity index is 792. The van der Waals surface area contributed by atoms with Crippen LogP contribution in [0.15, 0.2) is 48.8 Å². The van der Waals surface area contributed by atoms with Gasteiger partial charge in [0.05, 0.1) is 12.6 Å². The SMILES string of the molecule is COc1cccc(CCNc2ncnc3ccc(F)cc23)c1. The summed E-state index contributed by atoms with van der Waals surface area (Å²) in [6.45, 7) is 0.690. The molecule has 1 N–H and O–H groups in total. The fourth-order valence-electron chi connectivity index (χ4n) is 2.32. The van der Waals surface area contributed by atoms with Crippen LogP contribution in [0.3, 0.4) is 0 Å². The first-order chi connectivity index (χ1) is 10.8. The molecule has 3 rings (SSSR count). The molecule has 1 heterocycles. The third-order valence-electron chi connectivity index (χ3n) is 3.44. The summed E-state index contributed by atoms with van der Waals surface area (Å²) in [6, 6.07) is 12.4. The minimum absolute atomic E-state index is 0.293. The number of nitrogens with zero attached hydrogens (tertiary/aromatic N) is 2. The Labute approximate surface area is 128 Å². The van der Waals surface area contributed by atoms with Gasteiger partial charge < -0.3 is 10.1 Å². The topological polar surface area (TPSA) is 47.0 Å². The number of methoxy groups -OCH3 is 1. The van der Waals surface area contributed by atoms with Crippen molar-refractivity contribution in [1.82, 2.24) is 9.97 Å². The van der Waals surface area contributed by atoms with E-state index in [4.69, 9.17) is 4.74 Å². The van der Waals surface area contributed by atoms with E-state index in [1.54, 1.807) is 13.2 Å². The molecule has 0 spiro atoms. The maximum atomic E-state index is 13.4. The molecule has 1 aromatic heterocycles. The van der Waals surface area contributed by atoms with E-state index in [9.17, 15) is 4.39 Å². The highest BCUT2D eigenvalue weighted by Crippen LogP contribution is 2.20. The van der Waals surface area contributed by atoms with Gasteiger partial charge in [0.1, 0.15) is 23.7 Å². The van der Waals surface area contributed by atoms with E-state index < -0.39 is 0 Å². The summed E-state index contributed by atoms with van der Waals surface area (Å²) in [5.41, 5.74) is 1.89. The van der Waals surface area contributed by atoms with Crippen molar-refractivity contribution < 1.29 is 9.13 Å². The number of nitrogens with one attached hydrogen (secondary N) is 1. The number of fused-ring (bicyclic) bond motifs is 1. The molecule has 0 amide bonds. The van der Waals surface area contributed by atoms with Gasteiger partial charge in [-0.2, -0.15) is 0 Å². The third-order valence-corrected chi connectivity index (χ3v) is 3.44. The number of aromatic nitrogens is 2. The predicted molar refractivity (Wildman–Crippen MR) is 84.7 cm³/mol. The highest BCUT2D eigenvalue weighted by Gasteiger charge is 2.04. The van der Waals surface area contributed by atoms with Crippen LogP contribution in [0.5, 0.6) is 5.75 Å². The van der Waals surface area contributed by atoms with Crippen molar-refractivity contribution in [2.45, 2.75) is 6.42 Å². The minimum Gasteiger partial charge on any atom is -0.497 e. The van der Waals surface area contributed by atoms with Crippen molar-refractivity contribution in [3.8, 4) is 5.75 Å². The Morgan fingerprint density at radius 1 is 1.14 bits per heavy atom. The van der Waals surface area contributed by atoms with Crippen molar-refractivity contribution >= 4 is 16.7 Å². The standard InChI is InChI=1S/C17H16FN3O/c1-22-14-4-2-3-12(9-14)7-8-19-17-15-10-13(18)5-6-16(15)20-11-21-17/h2-6,9-11H,7-8H2,1H3,(H,19,20,21). The Kier molecular flexibility index (Phi) is 4.14. The van der Waals surface area contributed by atoms with E-state index in [0.717, 1.165) is 23.3 Å². The maximum Gasteiger partial charge on any atom is 0.137 e. The molecule has 0 saturated heterocycles. The molecular weight excluding hydrogens is 281 g/mol. The van der Waals surface area contributed by atoms with Crippen LogP contribution in [0.1, 0.15) is 5.56 Å². The average Bonchev–Trinajstić information content (AvgIpc) is 2.55. The van der Waals surface area contributed by atoms with Crippen molar-refractivity contribution in [1.29, 1.82) is 0 Å². The van der Waals surface area contributed by atoms with Gasteiger partial charge in [-0.15, -0.1) is 0 Å². The van der Waals surface area contributed by atoms with Crippen LogP contribution >= 0.6 is 0 Å². The summed E-state index contributed by atoms with van der Waals surface area (Å²) in [6.07, 6.45) is 2.30. The quantitative estimate of drug-likeness (QED) is 0.783. The summed E-state index contributed by atoms with van der Waals surface area (Å²) in [5, 5.41) is 3.93. The van der Waals surface area contributed by atoms with E-state index >= 15 is 0 Å². The number of halogens is 1. The van der Waals surface area contributed by atoms with E-state index in [2.05, 4.69) is 15.3 Å². The zero-order chi connectivity index (χ0) is 15.4. The second-order valence-electron chi connectivity index (χ2n) is 4.91. The number of hydrogen-bond donors (Lipinski definition) is 1. The Balaban J connectivity index is 1.72. The number of rotatable bonds is 5. The normalized spacial score (nSPS) is 10.6. The highest BCUT2D eigenvalue weighted by molar-refractivity contribution is 5.88. The fourth-order valence-corrected chi connectivity index (χ4v) is 2.32. The van der Waals surface area contributed by atoms with Crippen LogP contribution in [-0.4, -0.2) is 23.6 Å². The molecule has 2 aromatic carbocycles. The monoisotopic (exact) mass is 297 g/mol. The van der Waals surface area contributed by atoms with E-state index in [-0.39, 0.29) is 5.82 Å². The molecule has 0 fully saturated rings. The van der Waals surface area contributed by atoms with Gasteiger partial charge in [-0.1, -0.05) is 12.1 Å². The molecule has 0 atom stereocenters. The first-order valence-corrected chi connectivity index (χ1v) is 7.03. The molecular formula is C17H16FN3O. The predicted octanol–water partition coefficient (Wildman–Crippen LogP) is 3.43. The van der Waals surface area contributed by atoms with Crippen LogP contribution in [0.4, 0.5) is 10.2 Å². The number of hydrogen-bond acceptors (Lipinski definition) is 4. The average molecular weight is 297 g/mol. The summed E-state index contributed by atoms with van der Waals surface area (Å²) in [7, 11) is 1.65. The largest absolute Gasteiger partial charge is 0.497 e. The van der Waals surface area contributed by atoms with Crippen molar-refractivity contribution in [3.05, 3.63) is 60.2 Å². The lowest BCUT2D eigenvalue weighted by atomic mass is 10.1. The smallest absolute Gasteiger partial charge is 0.137 e. The van der Waals surface area contributed by atoms with Crippen LogP contribution in [-0.2, 0) is 6.42 Å². The van der Waals surface area contributed by atoms with Crippen LogP contribution in [0.2, 0.25) is 0 Å². The Morgan fingerprint density at radius 2 is 2.05 bits per heavy atom. The molecule has 0 aliphatic rings. The van der Waals surface area contributed by atoms with Gasteiger partial charge in [0, 0.05) is 11.9 Å². The summed E-state index contributed by atoms with van der Waals surface area (Å²) >= 11 is 0. The molecule has 0 aliphatic heterocycles. The van der Waals surface area contributed by atoms with Gasteiger partial charge in [0.25, 0.3) is 0 Å². The molecule has 0 radical (unpaired) electrons. The van der Waals surface area contributed by atoms with Gasteiger partial charge in [-0.05, 0) is 42.3 Å². The van der Waals surface area contributed by atoms with E-state index in [1.807, 2.05) is 24.3 Å². The second-order valence-corrected chi connectivity index (χ2v) is 4.91. The molecule has 5 heteroatoms. The lowest BCUT2D eigenvalue weighted by molar-refractivity contribution is 0.414. The highest BCUT2D eigenvalue weighted by atomic mass is 19.1. The van der Waals surface area contributed by atoms with Gasteiger partial charge in [-0.3, -0.25) is 0 Å². The van der Waals surface area contributed by atoms with E-state index in [0.29, 0.717) is 17.7 Å². The molecule has 0 unspecified atom stereocenters. The van der Waals surface area contributed by atoms with Gasteiger partial charge in [0.15, 0.2) is 0 Å². The zero-order valence-corrected chi connectivity index (χ0v) is 12.2. The van der Waals surface area contributed by atoms with Crippen LogP contribution in [0, 0.1) is 5.82 Å².